The van der Waals surface area contributed by atoms with E-state index in [9.17, 15) is 4.79 Å². The van der Waals surface area contributed by atoms with Gasteiger partial charge in [0, 0.05) is 11.6 Å². The van der Waals surface area contributed by atoms with Crippen LogP contribution in [0.5, 0.6) is 0 Å². The quantitative estimate of drug-likeness (QED) is 0.819. The van der Waals surface area contributed by atoms with Gasteiger partial charge in [-0.1, -0.05) is 13.0 Å². The van der Waals surface area contributed by atoms with Crippen molar-refractivity contribution in [1.29, 1.82) is 5.26 Å². The molecular formula is C13H14N2O. The Kier molecular flexibility index (Phi) is 2.91. The predicted molar refractivity (Wildman–Crippen MR) is 60.8 cm³/mol. The van der Waals surface area contributed by atoms with Gasteiger partial charge in [0.05, 0.1) is 11.6 Å². The van der Waals surface area contributed by atoms with Crippen LogP contribution in [0, 0.1) is 17.2 Å². The number of nitrogens with zero attached hydrogens (tertiary/aromatic N) is 1. The summed E-state index contributed by atoms with van der Waals surface area (Å²) in [4.78, 5) is 11.8. The van der Waals surface area contributed by atoms with Crippen molar-refractivity contribution >= 4 is 5.91 Å². The van der Waals surface area contributed by atoms with Crippen LogP contribution in [0.2, 0.25) is 0 Å². The summed E-state index contributed by atoms with van der Waals surface area (Å²) in [5.74, 6) is 0.643. The van der Waals surface area contributed by atoms with E-state index in [-0.39, 0.29) is 5.91 Å². The van der Waals surface area contributed by atoms with Gasteiger partial charge in [0.25, 0.3) is 5.91 Å². The largest absolute Gasteiger partial charge is 0.349 e. The lowest BCUT2D eigenvalue weighted by atomic mass is 9.82. The van der Waals surface area contributed by atoms with E-state index in [1.807, 2.05) is 6.07 Å². The van der Waals surface area contributed by atoms with E-state index >= 15 is 0 Å². The summed E-state index contributed by atoms with van der Waals surface area (Å²) in [5, 5.41) is 11.7. The lowest BCUT2D eigenvalue weighted by Gasteiger charge is -2.33. The summed E-state index contributed by atoms with van der Waals surface area (Å²) in [5.41, 5.74) is 1.09. The van der Waals surface area contributed by atoms with Crippen LogP contribution in [0.1, 0.15) is 35.7 Å². The molecular weight excluding hydrogens is 200 g/mol. The van der Waals surface area contributed by atoms with Crippen molar-refractivity contribution in [3.8, 4) is 6.07 Å². The molecule has 1 aromatic carbocycles. The topological polar surface area (TPSA) is 52.9 Å². The van der Waals surface area contributed by atoms with E-state index in [2.05, 4.69) is 12.2 Å². The van der Waals surface area contributed by atoms with Crippen molar-refractivity contribution in [2.45, 2.75) is 25.8 Å². The van der Waals surface area contributed by atoms with E-state index in [0.717, 1.165) is 18.8 Å². The highest BCUT2D eigenvalue weighted by Crippen LogP contribution is 2.26. The Morgan fingerprint density at radius 2 is 2.25 bits per heavy atom. The zero-order chi connectivity index (χ0) is 11.5. The molecule has 0 aromatic heterocycles. The molecule has 2 rings (SSSR count). The molecule has 1 saturated carbocycles. The number of carbonyl (C=O) groups is 1. The minimum absolute atomic E-state index is 0.0750. The Hall–Kier alpha value is -1.82. The Morgan fingerprint density at radius 1 is 1.50 bits per heavy atom. The molecule has 16 heavy (non-hydrogen) atoms. The third kappa shape index (κ3) is 2.22. The Bertz CT molecular complexity index is 441. The van der Waals surface area contributed by atoms with Gasteiger partial charge in [0.15, 0.2) is 0 Å². The van der Waals surface area contributed by atoms with Crippen LogP contribution >= 0.6 is 0 Å². The molecule has 1 aliphatic rings. The van der Waals surface area contributed by atoms with Gasteiger partial charge in [0.1, 0.15) is 0 Å². The fourth-order valence-electron chi connectivity index (χ4n) is 2.02. The molecule has 3 nitrogen and oxygen atoms in total. The zero-order valence-corrected chi connectivity index (χ0v) is 9.23. The third-order valence-electron chi connectivity index (χ3n) is 2.96. The molecule has 1 amide bonds. The van der Waals surface area contributed by atoms with Crippen molar-refractivity contribution in [2.75, 3.05) is 0 Å². The van der Waals surface area contributed by atoms with Gasteiger partial charge in [-0.25, -0.2) is 0 Å². The molecule has 0 radical (unpaired) electrons. The number of benzene rings is 1. The molecule has 1 aliphatic carbocycles. The van der Waals surface area contributed by atoms with Gasteiger partial charge in [-0.2, -0.15) is 5.26 Å². The molecule has 0 aliphatic heterocycles. The second-order valence-corrected chi connectivity index (χ2v) is 4.44. The minimum atomic E-state index is -0.0750. The van der Waals surface area contributed by atoms with Gasteiger partial charge < -0.3 is 5.32 Å². The van der Waals surface area contributed by atoms with E-state index in [4.69, 9.17) is 5.26 Å². The highest BCUT2D eigenvalue weighted by Gasteiger charge is 2.26. The number of amides is 1. The Morgan fingerprint density at radius 3 is 2.88 bits per heavy atom. The summed E-state index contributed by atoms with van der Waals surface area (Å²) in [6, 6.07) is 9.13. The van der Waals surface area contributed by atoms with Crippen LogP contribution in [0.25, 0.3) is 0 Å². The molecule has 0 heterocycles. The lowest BCUT2D eigenvalue weighted by molar-refractivity contribution is 0.0896. The maximum absolute atomic E-state index is 11.8. The average Bonchev–Trinajstić information content (AvgIpc) is 2.27. The second-order valence-electron chi connectivity index (χ2n) is 4.44. The van der Waals surface area contributed by atoms with Gasteiger partial charge in [-0.15, -0.1) is 0 Å². The third-order valence-corrected chi connectivity index (χ3v) is 2.96. The summed E-state index contributed by atoms with van der Waals surface area (Å²) in [6.45, 7) is 2.18. The molecule has 0 spiro atoms. The Balaban J connectivity index is 2.01. The molecule has 0 atom stereocenters. The first kappa shape index (κ1) is 10.7. The first-order valence-corrected chi connectivity index (χ1v) is 5.50. The zero-order valence-electron chi connectivity index (χ0n) is 9.23. The number of hydrogen-bond donors (Lipinski definition) is 1. The molecule has 0 bridgehead atoms. The smallest absolute Gasteiger partial charge is 0.251 e. The van der Waals surface area contributed by atoms with Crippen LogP contribution in [0.15, 0.2) is 24.3 Å². The van der Waals surface area contributed by atoms with E-state index < -0.39 is 0 Å². The second kappa shape index (κ2) is 4.36. The summed E-state index contributed by atoms with van der Waals surface area (Å²) in [6.07, 6.45) is 2.12. The van der Waals surface area contributed by atoms with Crippen LogP contribution < -0.4 is 5.32 Å². The molecule has 0 unspecified atom stereocenters. The van der Waals surface area contributed by atoms with Crippen LogP contribution in [-0.2, 0) is 0 Å². The molecule has 1 fully saturated rings. The highest BCUT2D eigenvalue weighted by molar-refractivity contribution is 5.94. The van der Waals surface area contributed by atoms with Crippen molar-refractivity contribution in [2.24, 2.45) is 5.92 Å². The van der Waals surface area contributed by atoms with Crippen LogP contribution in [0.3, 0.4) is 0 Å². The van der Waals surface area contributed by atoms with Crippen molar-refractivity contribution in [3.63, 3.8) is 0 Å². The molecule has 82 valence electrons. The highest BCUT2D eigenvalue weighted by atomic mass is 16.1. The fraction of sp³-hybridized carbons (Fsp3) is 0.385. The molecule has 3 heteroatoms. The lowest BCUT2D eigenvalue weighted by Crippen LogP contribution is -2.43. The van der Waals surface area contributed by atoms with E-state index in [0.29, 0.717) is 17.2 Å². The maximum atomic E-state index is 11.8. The molecule has 0 saturated heterocycles. The number of rotatable bonds is 2. The summed E-state index contributed by atoms with van der Waals surface area (Å²) < 4.78 is 0. The molecule has 1 aromatic rings. The number of nitriles is 1. The van der Waals surface area contributed by atoms with E-state index in [1.165, 1.54) is 0 Å². The average molecular weight is 214 g/mol. The number of carbonyl (C=O) groups excluding carboxylic acids is 1. The Labute approximate surface area is 95.1 Å². The van der Waals surface area contributed by atoms with Gasteiger partial charge in [-0.05, 0) is 37.0 Å². The van der Waals surface area contributed by atoms with Gasteiger partial charge >= 0.3 is 0 Å². The number of nitrogens with one attached hydrogen (secondary N) is 1. The molecule has 1 N–H and O–H groups in total. The fourth-order valence-corrected chi connectivity index (χ4v) is 2.02. The predicted octanol–water partition coefficient (Wildman–Crippen LogP) is 2.09. The summed E-state index contributed by atoms with van der Waals surface area (Å²) >= 11 is 0. The van der Waals surface area contributed by atoms with E-state index in [1.54, 1.807) is 24.3 Å². The van der Waals surface area contributed by atoms with Gasteiger partial charge in [-0.3, -0.25) is 4.79 Å². The first-order chi connectivity index (χ1) is 7.69. The van der Waals surface area contributed by atoms with Gasteiger partial charge in [0.2, 0.25) is 0 Å². The first-order valence-electron chi connectivity index (χ1n) is 5.50. The van der Waals surface area contributed by atoms with Crippen molar-refractivity contribution < 1.29 is 4.79 Å². The number of hydrogen-bond acceptors (Lipinski definition) is 2. The van der Waals surface area contributed by atoms with Crippen LogP contribution in [-0.4, -0.2) is 11.9 Å². The monoisotopic (exact) mass is 214 g/mol. The standard InChI is InChI=1S/C13H14N2O/c1-9-5-12(6-9)15-13(16)11-4-2-3-10(7-11)8-14/h2-4,7,9,12H,5-6H2,1H3,(H,15,16). The SMILES string of the molecule is CC1CC(NC(=O)c2cccc(C#N)c2)C1. The minimum Gasteiger partial charge on any atom is -0.349 e. The van der Waals surface area contributed by atoms with Crippen molar-refractivity contribution in [1.82, 2.24) is 5.32 Å². The normalized spacial score (nSPS) is 23.0. The van der Waals surface area contributed by atoms with Crippen molar-refractivity contribution in [3.05, 3.63) is 35.4 Å². The maximum Gasteiger partial charge on any atom is 0.251 e. The summed E-state index contributed by atoms with van der Waals surface area (Å²) in [7, 11) is 0. The van der Waals surface area contributed by atoms with Crippen LogP contribution in [0.4, 0.5) is 0 Å².